The second-order valence-corrected chi connectivity index (χ2v) is 4.69. The van der Waals surface area contributed by atoms with Crippen molar-refractivity contribution in [2.45, 2.75) is 44.3 Å². The lowest BCUT2D eigenvalue weighted by Crippen LogP contribution is -2.19. The molecule has 0 aliphatic rings. The molecule has 0 rings (SSSR count). The van der Waals surface area contributed by atoms with Gasteiger partial charge in [0, 0.05) is 0 Å². The zero-order valence-electron chi connectivity index (χ0n) is 7.73. The van der Waals surface area contributed by atoms with Crippen LogP contribution in [0, 0.1) is 11.3 Å². The highest BCUT2D eigenvalue weighted by atomic mass is 32.2. The Bertz CT molecular complexity index is 266. The zero-order valence-corrected chi connectivity index (χ0v) is 8.55. The van der Waals surface area contributed by atoms with E-state index in [0.717, 1.165) is 19.3 Å². The molecular formula is C8H15NO3S. The Morgan fingerprint density at radius 3 is 2.46 bits per heavy atom. The molecule has 1 atom stereocenters. The van der Waals surface area contributed by atoms with Gasteiger partial charge in [-0.05, 0) is 6.42 Å². The monoisotopic (exact) mass is 205 g/mol. The Morgan fingerprint density at radius 1 is 1.46 bits per heavy atom. The predicted octanol–water partition coefficient (Wildman–Crippen LogP) is 1.74. The highest BCUT2D eigenvalue weighted by Gasteiger charge is 2.21. The summed E-state index contributed by atoms with van der Waals surface area (Å²) in [5.74, 6) is 0. The number of nitrogens with zero attached hydrogens (tertiary/aromatic N) is 1. The highest BCUT2D eigenvalue weighted by molar-refractivity contribution is 7.86. The summed E-state index contributed by atoms with van der Waals surface area (Å²) in [5.41, 5.74) is 0. The third kappa shape index (κ3) is 5.61. The molecule has 0 aliphatic carbocycles. The number of nitriles is 1. The van der Waals surface area contributed by atoms with Crippen LogP contribution in [0.25, 0.3) is 0 Å². The molecule has 13 heavy (non-hydrogen) atoms. The van der Waals surface area contributed by atoms with Gasteiger partial charge in [-0.3, -0.25) is 4.55 Å². The van der Waals surface area contributed by atoms with Crippen LogP contribution in [0.1, 0.15) is 39.0 Å². The molecule has 0 spiro atoms. The van der Waals surface area contributed by atoms with Gasteiger partial charge in [-0.25, -0.2) is 0 Å². The van der Waals surface area contributed by atoms with Crippen LogP contribution in [0.2, 0.25) is 0 Å². The fourth-order valence-electron chi connectivity index (χ4n) is 1.08. The summed E-state index contributed by atoms with van der Waals surface area (Å²) in [6.07, 6.45) is 2.91. The average Bonchev–Trinajstić information content (AvgIpc) is 2.01. The van der Waals surface area contributed by atoms with Crippen LogP contribution in [-0.4, -0.2) is 18.2 Å². The van der Waals surface area contributed by atoms with Crippen molar-refractivity contribution < 1.29 is 13.0 Å². The van der Waals surface area contributed by atoms with E-state index in [-0.39, 0.29) is 6.42 Å². The van der Waals surface area contributed by atoms with Crippen LogP contribution in [0.3, 0.4) is 0 Å². The molecule has 0 bridgehead atoms. The van der Waals surface area contributed by atoms with Crippen molar-refractivity contribution in [3.63, 3.8) is 0 Å². The first kappa shape index (κ1) is 12.4. The van der Waals surface area contributed by atoms with E-state index < -0.39 is 15.4 Å². The average molecular weight is 205 g/mol. The van der Waals surface area contributed by atoms with Gasteiger partial charge in [0.05, 0.1) is 17.7 Å². The summed E-state index contributed by atoms with van der Waals surface area (Å²) in [4.78, 5) is 0. The zero-order chi connectivity index (χ0) is 10.3. The van der Waals surface area contributed by atoms with Crippen LogP contribution >= 0.6 is 0 Å². The van der Waals surface area contributed by atoms with E-state index >= 15 is 0 Å². The molecule has 76 valence electrons. The van der Waals surface area contributed by atoms with Crippen LogP contribution in [-0.2, 0) is 10.1 Å². The molecular weight excluding hydrogens is 190 g/mol. The second-order valence-electron chi connectivity index (χ2n) is 3.00. The number of unbranched alkanes of at least 4 members (excludes halogenated alkanes) is 2. The minimum Gasteiger partial charge on any atom is -0.285 e. The van der Waals surface area contributed by atoms with Gasteiger partial charge in [0.2, 0.25) is 0 Å². The van der Waals surface area contributed by atoms with Gasteiger partial charge >= 0.3 is 0 Å². The summed E-state index contributed by atoms with van der Waals surface area (Å²) in [5, 5.41) is 7.43. The lowest BCUT2D eigenvalue weighted by Gasteiger charge is -2.08. The minimum absolute atomic E-state index is 0.122. The quantitative estimate of drug-likeness (QED) is 0.529. The van der Waals surface area contributed by atoms with Crippen LogP contribution in [0.5, 0.6) is 0 Å². The van der Waals surface area contributed by atoms with E-state index in [0.29, 0.717) is 6.42 Å². The molecule has 0 fully saturated rings. The van der Waals surface area contributed by atoms with E-state index in [1.54, 1.807) is 6.07 Å². The summed E-state index contributed by atoms with van der Waals surface area (Å²) < 4.78 is 30.2. The molecule has 1 N–H and O–H groups in total. The smallest absolute Gasteiger partial charge is 0.268 e. The SMILES string of the molecule is CCCCCC(CC#N)S(=O)(=O)O. The van der Waals surface area contributed by atoms with Gasteiger partial charge < -0.3 is 0 Å². The normalized spacial score (nSPS) is 13.6. The fraction of sp³-hybridized carbons (Fsp3) is 0.875. The predicted molar refractivity (Wildman–Crippen MR) is 49.7 cm³/mol. The van der Waals surface area contributed by atoms with Gasteiger partial charge in [0.1, 0.15) is 0 Å². The molecule has 0 heterocycles. The van der Waals surface area contributed by atoms with E-state index in [4.69, 9.17) is 9.81 Å². The van der Waals surface area contributed by atoms with Gasteiger partial charge in [0.15, 0.2) is 0 Å². The van der Waals surface area contributed by atoms with Gasteiger partial charge in [0.25, 0.3) is 10.1 Å². The number of hydrogen-bond donors (Lipinski definition) is 1. The topological polar surface area (TPSA) is 78.2 Å². The van der Waals surface area contributed by atoms with Crippen LogP contribution in [0.4, 0.5) is 0 Å². The number of rotatable bonds is 6. The third-order valence-corrected chi connectivity index (χ3v) is 3.11. The molecule has 0 aromatic heterocycles. The lowest BCUT2D eigenvalue weighted by atomic mass is 10.1. The molecule has 0 aliphatic heterocycles. The van der Waals surface area contributed by atoms with Crippen molar-refractivity contribution in [3.8, 4) is 6.07 Å². The Labute approximate surface area is 79.3 Å². The van der Waals surface area contributed by atoms with Crippen LogP contribution in [0.15, 0.2) is 0 Å². The Hall–Kier alpha value is -0.600. The summed E-state index contributed by atoms with van der Waals surface area (Å²) >= 11 is 0. The Kier molecular flexibility index (Phi) is 5.67. The summed E-state index contributed by atoms with van der Waals surface area (Å²) in [6.45, 7) is 2.01. The fourth-order valence-corrected chi connectivity index (χ4v) is 1.83. The third-order valence-electron chi connectivity index (χ3n) is 1.87. The number of hydrogen-bond acceptors (Lipinski definition) is 3. The Balaban J connectivity index is 4.06. The molecule has 5 heteroatoms. The van der Waals surface area contributed by atoms with E-state index in [1.807, 2.05) is 6.92 Å². The van der Waals surface area contributed by atoms with Crippen molar-refractivity contribution in [3.05, 3.63) is 0 Å². The molecule has 0 amide bonds. The first-order valence-corrected chi connectivity index (χ1v) is 5.86. The first-order valence-electron chi connectivity index (χ1n) is 4.35. The highest BCUT2D eigenvalue weighted by Crippen LogP contribution is 2.13. The van der Waals surface area contributed by atoms with Crippen molar-refractivity contribution >= 4 is 10.1 Å². The molecule has 4 nitrogen and oxygen atoms in total. The molecule has 0 saturated carbocycles. The standard InChI is InChI=1S/C8H15NO3S/c1-2-3-4-5-8(6-7-9)13(10,11)12/h8H,2-6H2,1H3,(H,10,11,12). The molecule has 0 aromatic carbocycles. The minimum atomic E-state index is -4.03. The molecule has 1 unspecified atom stereocenters. The van der Waals surface area contributed by atoms with Crippen molar-refractivity contribution in [1.29, 1.82) is 5.26 Å². The van der Waals surface area contributed by atoms with Gasteiger partial charge in [-0.2, -0.15) is 13.7 Å². The van der Waals surface area contributed by atoms with Crippen molar-refractivity contribution in [1.82, 2.24) is 0 Å². The van der Waals surface area contributed by atoms with Gasteiger partial charge in [-0.1, -0.05) is 26.2 Å². The molecule has 0 aromatic rings. The van der Waals surface area contributed by atoms with E-state index in [9.17, 15) is 8.42 Å². The van der Waals surface area contributed by atoms with Crippen molar-refractivity contribution in [2.75, 3.05) is 0 Å². The largest absolute Gasteiger partial charge is 0.285 e. The summed E-state index contributed by atoms with van der Waals surface area (Å²) in [7, 11) is -4.03. The maximum Gasteiger partial charge on any atom is 0.268 e. The van der Waals surface area contributed by atoms with Gasteiger partial charge in [-0.15, -0.1) is 0 Å². The first-order chi connectivity index (χ1) is 6.02. The molecule has 0 radical (unpaired) electrons. The van der Waals surface area contributed by atoms with Crippen LogP contribution < -0.4 is 0 Å². The maximum atomic E-state index is 10.7. The second kappa shape index (κ2) is 5.95. The van der Waals surface area contributed by atoms with Crippen molar-refractivity contribution in [2.24, 2.45) is 0 Å². The Morgan fingerprint density at radius 2 is 2.08 bits per heavy atom. The maximum absolute atomic E-state index is 10.7. The van der Waals surface area contributed by atoms with E-state index in [1.165, 1.54) is 0 Å². The lowest BCUT2D eigenvalue weighted by molar-refractivity contribution is 0.458. The van der Waals surface area contributed by atoms with E-state index in [2.05, 4.69) is 0 Å². The summed E-state index contributed by atoms with van der Waals surface area (Å²) in [6, 6.07) is 1.76. The molecule has 0 saturated heterocycles.